The Hall–Kier alpha value is -2.77. The molecular formula is C12H15N5O3. The Morgan fingerprint density at radius 2 is 2.20 bits per heavy atom. The molecule has 0 atom stereocenters. The van der Waals surface area contributed by atoms with Crippen molar-refractivity contribution in [3.8, 4) is 5.88 Å². The lowest BCUT2D eigenvalue weighted by Gasteiger charge is -2.10. The average molecular weight is 277 g/mol. The van der Waals surface area contributed by atoms with E-state index in [1.807, 2.05) is 6.07 Å². The quantitative estimate of drug-likeness (QED) is 0.705. The van der Waals surface area contributed by atoms with E-state index in [2.05, 4.69) is 15.3 Å². The Morgan fingerprint density at radius 3 is 2.80 bits per heavy atom. The maximum atomic E-state index is 11.7. The van der Waals surface area contributed by atoms with Gasteiger partial charge in [0.2, 0.25) is 5.88 Å². The zero-order valence-corrected chi connectivity index (χ0v) is 11.1. The van der Waals surface area contributed by atoms with Crippen molar-refractivity contribution < 1.29 is 4.74 Å². The van der Waals surface area contributed by atoms with Crippen LogP contribution >= 0.6 is 0 Å². The van der Waals surface area contributed by atoms with Gasteiger partial charge in [-0.05, 0) is 5.56 Å². The molecule has 0 aromatic carbocycles. The molecule has 0 fully saturated rings. The minimum atomic E-state index is -0.552. The monoisotopic (exact) mass is 277 g/mol. The minimum absolute atomic E-state index is 0.0835. The number of nitrogens with one attached hydrogen (secondary N) is 2. The number of methoxy groups -OCH3 is 1. The van der Waals surface area contributed by atoms with E-state index in [1.54, 1.807) is 12.3 Å². The molecule has 2 aromatic heterocycles. The second-order valence-corrected chi connectivity index (χ2v) is 4.14. The number of aromatic amines is 1. The predicted octanol–water partition coefficient (Wildman–Crippen LogP) is -0.328. The van der Waals surface area contributed by atoms with Gasteiger partial charge in [-0.15, -0.1) is 0 Å². The van der Waals surface area contributed by atoms with Gasteiger partial charge in [0, 0.05) is 25.9 Å². The first-order valence-electron chi connectivity index (χ1n) is 5.84. The molecular weight excluding hydrogens is 262 g/mol. The molecule has 8 nitrogen and oxygen atoms in total. The number of ether oxygens (including phenoxy) is 1. The Labute approximate surface area is 114 Å². The highest BCUT2D eigenvalue weighted by molar-refractivity contribution is 5.60. The molecule has 20 heavy (non-hydrogen) atoms. The highest BCUT2D eigenvalue weighted by Gasteiger charge is 2.09. The topological polar surface area (TPSA) is 115 Å². The van der Waals surface area contributed by atoms with Crippen molar-refractivity contribution in [3.63, 3.8) is 0 Å². The molecule has 106 valence electrons. The first kappa shape index (κ1) is 13.7. The number of hydrogen-bond acceptors (Lipinski definition) is 6. The number of rotatable bonds is 4. The van der Waals surface area contributed by atoms with Crippen molar-refractivity contribution in [1.29, 1.82) is 0 Å². The molecule has 8 heteroatoms. The lowest BCUT2D eigenvalue weighted by Crippen LogP contribution is -2.32. The van der Waals surface area contributed by atoms with Gasteiger partial charge in [0.05, 0.1) is 7.11 Å². The Kier molecular flexibility index (Phi) is 3.74. The van der Waals surface area contributed by atoms with Crippen LogP contribution in [0.3, 0.4) is 0 Å². The van der Waals surface area contributed by atoms with E-state index in [0.29, 0.717) is 12.4 Å². The molecule has 0 aliphatic carbocycles. The summed E-state index contributed by atoms with van der Waals surface area (Å²) in [7, 11) is 3.01. The SMILES string of the molecule is COc1ccc(CNc2c(N)n(C)c(=O)[nH]c2=O)cn1. The zero-order chi connectivity index (χ0) is 14.7. The maximum absolute atomic E-state index is 11.7. The van der Waals surface area contributed by atoms with Gasteiger partial charge in [0.15, 0.2) is 0 Å². The van der Waals surface area contributed by atoms with Crippen molar-refractivity contribution in [1.82, 2.24) is 14.5 Å². The lowest BCUT2D eigenvalue weighted by molar-refractivity contribution is 0.397. The molecule has 0 bridgehead atoms. The van der Waals surface area contributed by atoms with Crippen molar-refractivity contribution in [3.05, 3.63) is 44.7 Å². The van der Waals surface area contributed by atoms with Gasteiger partial charge in [-0.25, -0.2) is 9.78 Å². The number of aromatic nitrogens is 3. The van der Waals surface area contributed by atoms with Gasteiger partial charge in [0.25, 0.3) is 5.56 Å². The van der Waals surface area contributed by atoms with Crippen LogP contribution < -0.4 is 27.0 Å². The highest BCUT2D eigenvalue weighted by atomic mass is 16.5. The second kappa shape index (κ2) is 5.47. The summed E-state index contributed by atoms with van der Waals surface area (Å²) in [5.74, 6) is 0.591. The number of pyridine rings is 1. The van der Waals surface area contributed by atoms with Gasteiger partial charge in [-0.1, -0.05) is 6.07 Å². The van der Waals surface area contributed by atoms with E-state index in [0.717, 1.165) is 10.1 Å². The molecule has 0 amide bonds. The summed E-state index contributed by atoms with van der Waals surface area (Å²) < 4.78 is 6.12. The van der Waals surface area contributed by atoms with Crippen molar-refractivity contribution in [2.75, 3.05) is 18.2 Å². The summed E-state index contributed by atoms with van der Waals surface area (Å²) in [4.78, 5) is 29.2. The van der Waals surface area contributed by atoms with Crippen LogP contribution in [0.4, 0.5) is 11.5 Å². The summed E-state index contributed by atoms with van der Waals surface area (Å²) in [6.45, 7) is 0.350. The molecule has 0 aliphatic rings. The fourth-order valence-electron chi connectivity index (χ4n) is 1.63. The molecule has 2 heterocycles. The van der Waals surface area contributed by atoms with Gasteiger partial charge in [-0.3, -0.25) is 14.3 Å². The van der Waals surface area contributed by atoms with Gasteiger partial charge >= 0.3 is 5.69 Å². The van der Waals surface area contributed by atoms with E-state index in [9.17, 15) is 9.59 Å². The van der Waals surface area contributed by atoms with E-state index < -0.39 is 11.2 Å². The summed E-state index contributed by atoms with van der Waals surface area (Å²) in [6, 6.07) is 3.52. The first-order valence-corrected chi connectivity index (χ1v) is 5.84. The lowest BCUT2D eigenvalue weighted by atomic mass is 10.3. The van der Waals surface area contributed by atoms with Crippen LogP contribution in [-0.4, -0.2) is 21.6 Å². The van der Waals surface area contributed by atoms with Gasteiger partial charge in [-0.2, -0.15) is 0 Å². The van der Waals surface area contributed by atoms with E-state index >= 15 is 0 Å². The number of nitrogens with two attached hydrogens (primary N) is 1. The molecule has 2 rings (SSSR count). The van der Waals surface area contributed by atoms with Crippen molar-refractivity contribution in [2.24, 2.45) is 7.05 Å². The summed E-state index contributed by atoms with van der Waals surface area (Å²) >= 11 is 0. The van der Waals surface area contributed by atoms with E-state index in [4.69, 9.17) is 10.5 Å². The van der Waals surface area contributed by atoms with Crippen LogP contribution in [0.25, 0.3) is 0 Å². The van der Waals surface area contributed by atoms with Crippen molar-refractivity contribution >= 4 is 11.5 Å². The highest BCUT2D eigenvalue weighted by Crippen LogP contribution is 2.11. The number of hydrogen-bond donors (Lipinski definition) is 3. The third kappa shape index (κ3) is 2.63. The molecule has 0 spiro atoms. The Balaban J connectivity index is 2.20. The number of nitrogen functional groups attached to an aromatic ring is 1. The third-order valence-corrected chi connectivity index (χ3v) is 2.85. The molecule has 4 N–H and O–H groups in total. The average Bonchev–Trinajstić information content (AvgIpc) is 2.45. The molecule has 0 saturated carbocycles. The van der Waals surface area contributed by atoms with Crippen LogP contribution in [0.1, 0.15) is 5.56 Å². The zero-order valence-electron chi connectivity index (χ0n) is 11.1. The van der Waals surface area contributed by atoms with Crippen LogP contribution in [0, 0.1) is 0 Å². The largest absolute Gasteiger partial charge is 0.481 e. The number of nitrogens with zero attached hydrogens (tertiary/aromatic N) is 2. The number of anilines is 2. The fourth-order valence-corrected chi connectivity index (χ4v) is 1.63. The van der Waals surface area contributed by atoms with Crippen LogP contribution in [-0.2, 0) is 13.6 Å². The fraction of sp³-hybridized carbons (Fsp3) is 0.250. The standard InChI is InChI=1S/C12H15N5O3/c1-17-10(13)9(11(18)16-12(17)19)15-6-7-3-4-8(20-2)14-5-7/h3-5,15H,6,13H2,1-2H3,(H,16,18,19). The van der Waals surface area contributed by atoms with Crippen LogP contribution in [0.15, 0.2) is 27.9 Å². The summed E-state index contributed by atoms with van der Waals surface area (Å²) in [5.41, 5.74) is 5.64. The minimum Gasteiger partial charge on any atom is -0.481 e. The van der Waals surface area contributed by atoms with Crippen LogP contribution in [0.5, 0.6) is 5.88 Å². The maximum Gasteiger partial charge on any atom is 0.329 e. The molecule has 2 aromatic rings. The normalized spacial score (nSPS) is 10.3. The summed E-state index contributed by atoms with van der Waals surface area (Å²) in [6.07, 6.45) is 1.62. The van der Waals surface area contributed by atoms with Gasteiger partial charge < -0.3 is 15.8 Å². The van der Waals surface area contributed by atoms with E-state index in [-0.39, 0.29) is 11.5 Å². The second-order valence-electron chi connectivity index (χ2n) is 4.14. The Bertz CT molecular complexity index is 717. The summed E-state index contributed by atoms with van der Waals surface area (Å²) in [5, 5.41) is 2.89. The van der Waals surface area contributed by atoms with Crippen LogP contribution in [0.2, 0.25) is 0 Å². The van der Waals surface area contributed by atoms with Gasteiger partial charge in [0.1, 0.15) is 11.5 Å². The third-order valence-electron chi connectivity index (χ3n) is 2.85. The molecule has 0 unspecified atom stereocenters. The smallest absolute Gasteiger partial charge is 0.329 e. The molecule has 0 saturated heterocycles. The first-order chi connectivity index (χ1) is 9.52. The number of H-pyrrole nitrogens is 1. The Morgan fingerprint density at radius 1 is 1.45 bits per heavy atom. The van der Waals surface area contributed by atoms with E-state index in [1.165, 1.54) is 14.2 Å². The molecule has 0 aliphatic heterocycles. The van der Waals surface area contributed by atoms with Crippen molar-refractivity contribution in [2.45, 2.75) is 6.54 Å². The predicted molar refractivity (Wildman–Crippen MR) is 74.8 cm³/mol. The molecule has 0 radical (unpaired) electrons.